The van der Waals surface area contributed by atoms with E-state index in [1.54, 1.807) is 55.1 Å². The lowest BCUT2D eigenvalue weighted by atomic mass is 10.1. The fraction of sp³-hybridized carbons (Fsp3) is 0.136. The maximum Gasteiger partial charge on any atom is 0.339 e. The number of benzene rings is 1. The zero-order chi connectivity index (χ0) is 22.7. The van der Waals surface area contributed by atoms with Crippen molar-refractivity contribution in [2.45, 2.75) is 6.92 Å². The van der Waals surface area contributed by atoms with Crippen LogP contribution in [-0.4, -0.2) is 39.2 Å². The largest absolute Gasteiger partial charge is 0.452 e. The molecule has 3 aromatic heterocycles. The number of fused-ring (bicyclic) bond motifs is 1. The number of hydrogen-bond acceptors (Lipinski definition) is 7. The van der Waals surface area contributed by atoms with Gasteiger partial charge in [-0.3, -0.25) is 25.1 Å². The number of nitrogens with zero attached hydrogens (tertiary/aromatic N) is 3. The summed E-state index contributed by atoms with van der Waals surface area (Å²) in [5, 5.41) is 6.84. The van der Waals surface area contributed by atoms with Gasteiger partial charge in [-0.2, -0.15) is 5.10 Å². The van der Waals surface area contributed by atoms with Gasteiger partial charge in [0.05, 0.1) is 27.2 Å². The van der Waals surface area contributed by atoms with E-state index in [4.69, 9.17) is 4.74 Å². The van der Waals surface area contributed by atoms with E-state index in [2.05, 4.69) is 20.9 Å². The van der Waals surface area contributed by atoms with Gasteiger partial charge in [0.2, 0.25) is 0 Å². The van der Waals surface area contributed by atoms with Crippen LogP contribution in [-0.2, 0) is 16.6 Å². The highest BCUT2D eigenvalue weighted by molar-refractivity contribution is 7.13. The summed E-state index contributed by atoms with van der Waals surface area (Å²) in [5.74, 6) is -1.84. The molecule has 1 aromatic carbocycles. The van der Waals surface area contributed by atoms with Crippen LogP contribution in [0.2, 0.25) is 0 Å². The molecule has 0 bridgehead atoms. The number of ether oxygens (including phenoxy) is 1. The van der Waals surface area contributed by atoms with Gasteiger partial charge in [0.1, 0.15) is 0 Å². The smallest absolute Gasteiger partial charge is 0.339 e. The highest BCUT2D eigenvalue weighted by Crippen LogP contribution is 2.29. The SMILES string of the molecule is Cc1nn(C)c2nc(-c3cccs3)cc(C(=O)OCC(=O)NNC(=O)c3ccccc3)c12. The van der Waals surface area contributed by atoms with Crippen LogP contribution in [0.15, 0.2) is 53.9 Å². The molecule has 0 saturated heterocycles. The number of carbonyl (C=O) groups is 3. The minimum absolute atomic E-state index is 0.269. The Balaban J connectivity index is 1.47. The standard InChI is InChI=1S/C22H19N5O4S/c1-13-19-15(11-16(17-9-6-10-32-17)23-20(19)27(2)26-13)22(30)31-12-18(28)24-25-21(29)14-7-4-3-5-8-14/h3-11H,12H2,1-2H3,(H,24,28)(H,25,29). The molecule has 10 heteroatoms. The van der Waals surface area contributed by atoms with E-state index in [-0.39, 0.29) is 5.56 Å². The van der Waals surface area contributed by atoms with Gasteiger partial charge in [0.25, 0.3) is 11.8 Å². The number of amides is 2. The van der Waals surface area contributed by atoms with E-state index in [0.29, 0.717) is 28.0 Å². The number of aryl methyl sites for hydroxylation is 2. The van der Waals surface area contributed by atoms with Crippen molar-refractivity contribution in [1.82, 2.24) is 25.6 Å². The van der Waals surface area contributed by atoms with Crippen LogP contribution in [0.3, 0.4) is 0 Å². The van der Waals surface area contributed by atoms with Gasteiger partial charge < -0.3 is 4.74 Å². The third kappa shape index (κ3) is 4.35. The number of hydrazine groups is 1. The quantitative estimate of drug-likeness (QED) is 0.358. The van der Waals surface area contributed by atoms with Crippen molar-refractivity contribution in [3.63, 3.8) is 0 Å². The first-order chi connectivity index (χ1) is 15.4. The molecule has 0 fully saturated rings. The van der Waals surface area contributed by atoms with E-state index < -0.39 is 24.4 Å². The fourth-order valence-corrected chi connectivity index (χ4v) is 3.88. The van der Waals surface area contributed by atoms with Crippen LogP contribution < -0.4 is 10.9 Å². The first-order valence-electron chi connectivity index (χ1n) is 9.63. The van der Waals surface area contributed by atoms with Gasteiger partial charge in [-0.1, -0.05) is 24.3 Å². The number of carbonyl (C=O) groups excluding carboxylic acids is 3. The van der Waals surface area contributed by atoms with Gasteiger partial charge >= 0.3 is 5.97 Å². The molecule has 162 valence electrons. The second-order valence-electron chi connectivity index (χ2n) is 6.88. The average molecular weight is 449 g/mol. The van der Waals surface area contributed by atoms with Crippen LogP contribution in [0.25, 0.3) is 21.6 Å². The Labute approximate surface area is 187 Å². The fourth-order valence-electron chi connectivity index (χ4n) is 3.19. The monoisotopic (exact) mass is 449 g/mol. The zero-order valence-electron chi connectivity index (χ0n) is 17.3. The lowest BCUT2D eigenvalue weighted by Gasteiger charge is -2.09. The van der Waals surface area contributed by atoms with E-state index in [0.717, 1.165) is 4.88 Å². The second-order valence-corrected chi connectivity index (χ2v) is 7.83. The van der Waals surface area contributed by atoms with Crippen LogP contribution in [0.5, 0.6) is 0 Å². The number of rotatable bonds is 5. The minimum Gasteiger partial charge on any atom is -0.452 e. The molecule has 0 atom stereocenters. The van der Waals surface area contributed by atoms with Crippen molar-refractivity contribution in [1.29, 1.82) is 0 Å². The molecular weight excluding hydrogens is 430 g/mol. The Hall–Kier alpha value is -4.05. The van der Waals surface area contributed by atoms with Crippen molar-refractivity contribution in [2.75, 3.05) is 6.61 Å². The number of nitrogens with one attached hydrogen (secondary N) is 2. The number of aromatic nitrogens is 3. The molecule has 0 spiro atoms. The van der Waals surface area contributed by atoms with Crippen LogP contribution in [0.1, 0.15) is 26.4 Å². The average Bonchev–Trinajstić information content (AvgIpc) is 3.44. The number of hydrogen-bond donors (Lipinski definition) is 2. The molecule has 9 nitrogen and oxygen atoms in total. The van der Waals surface area contributed by atoms with Crippen molar-refractivity contribution in [2.24, 2.45) is 7.05 Å². The Morgan fingerprint density at radius 2 is 1.88 bits per heavy atom. The first kappa shape index (κ1) is 21.2. The third-order valence-corrected chi connectivity index (χ3v) is 5.54. The topological polar surface area (TPSA) is 115 Å². The third-order valence-electron chi connectivity index (χ3n) is 4.65. The summed E-state index contributed by atoms with van der Waals surface area (Å²) >= 11 is 1.49. The van der Waals surface area contributed by atoms with Crippen molar-refractivity contribution >= 4 is 40.2 Å². The Bertz CT molecular complexity index is 1300. The molecule has 3 heterocycles. The maximum atomic E-state index is 12.9. The highest BCUT2D eigenvalue weighted by atomic mass is 32.1. The van der Waals surface area contributed by atoms with Gasteiger partial charge in [-0.25, -0.2) is 9.78 Å². The molecule has 0 aliphatic heterocycles. The van der Waals surface area contributed by atoms with Crippen LogP contribution in [0, 0.1) is 6.92 Å². The van der Waals surface area contributed by atoms with Crippen LogP contribution >= 0.6 is 11.3 Å². The molecule has 2 N–H and O–H groups in total. The summed E-state index contributed by atoms with van der Waals surface area (Å²) in [5.41, 5.74) is 6.95. The van der Waals surface area contributed by atoms with Gasteiger partial charge in [0, 0.05) is 12.6 Å². The van der Waals surface area contributed by atoms with Crippen LogP contribution in [0.4, 0.5) is 0 Å². The minimum atomic E-state index is -0.684. The summed E-state index contributed by atoms with van der Waals surface area (Å²) in [6.45, 7) is 1.21. The maximum absolute atomic E-state index is 12.9. The molecule has 2 amide bonds. The van der Waals surface area contributed by atoms with Gasteiger partial charge in [0.15, 0.2) is 12.3 Å². The first-order valence-corrected chi connectivity index (χ1v) is 10.5. The summed E-state index contributed by atoms with van der Waals surface area (Å²) in [6, 6.07) is 13.8. The Morgan fingerprint density at radius 1 is 1.09 bits per heavy atom. The van der Waals surface area contributed by atoms with Crippen molar-refractivity contribution < 1.29 is 19.1 Å². The Morgan fingerprint density at radius 3 is 2.59 bits per heavy atom. The van der Waals surface area contributed by atoms with Gasteiger partial charge in [-0.05, 0) is 36.6 Å². The number of esters is 1. The summed E-state index contributed by atoms with van der Waals surface area (Å²) in [4.78, 5) is 42.4. The molecule has 0 aliphatic carbocycles. The van der Waals surface area contributed by atoms with Gasteiger partial charge in [-0.15, -0.1) is 11.3 Å². The lowest BCUT2D eigenvalue weighted by Crippen LogP contribution is -2.43. The van der Waals surface area contributed by atoms with Crippen molar-refractivity contribution in [3.8, 4) is 10.6 Å². The van der Waals surface area contributed by atoms with E-state index in [9.17, 15) is 14.4 Å². The Kier molecular flexibility index (Phi) is 5.95. The summed E-state index contributed by atoms with van der Waals surface area (Å²) < 4.78 is 6.81. The molecule has 4 aromatic rings. The summed E-state index contributed by atoms with van der Waals surface area (Å²) in [7, 11) is 1.75. The molecule has 0 saturated carbocycles. The molecule has 32 heavy (non-hydrogen) atoms. The normalized spacial score (nSPS) is 10.7. The zero-order valence-corrected chi connectivity index (χ0v) is 18.1. The highest BCUT2D eigenvalue weighted by Gasteiger charge is 2.21. The predicted octanol–water partition coefficient (Wildman–Crippen LogP) is 2.62. The number of pyridine rings is 1. The lowest BCUT2D eigenvalue weighted by molar-refractivity contribution is -0.125. The van der Waals surface area contributed by atoms with E-state index >= 15 is 0 Å². The predicted molar refractivity (Wildman–Crippen MR) is 119 cm³/mol. The molecule has 0 radical (unpaired) electrons. The number of thiophene rings is 1. The van der Waals surface area contributed by atoms with E-state index in [1.165, 1.54) is 11.3 Å². The molecule has 4 rings (SSSR count). The molecule has 0 unspecified atom stereocenters. The summed E-state index contributed by atoms with van der Waals surface area (Å²) in [6.07, 6.45) is 0. The molecular formula is C22H19N5O4S. The molecule has 0 aliphatic rings. The second kappa shape index (κ2) is 8.98. The van der Waals surface area contributed by atoms with Crippen molar-refractivity contribution in [3.05, 3.63) is 70.7 Å². The van der Waals surface area contributed by atoms with E-state index in [1.807, 2.05) is 17.5 Å².